The number of nitrogens with one attached hydrogen (secondary N) is 1. The SMILES string of the molecule is CCN(C(=O)c1cc2cc(F)ccc2[nH]1)c1cccc(C)c1. The lowest BCUT2D eigenvalue weighted by Crippen LogP contribution is -2.30. The molecule has 1 amide bonds. The van der Waals surface area contributed by atoms with Gasteiger partial charge in [0, 0.05) is 23.1 Å². The maximum absolute atomic E-state index is 13.3. The molecule has 1 aromatic heterocycles. The molecule has 0 saturated carbocycles. The zero-order valence-electron chi connectivity index (χ0n) is 12.6. The number of carbonyl (C=O) groups excluding carboxylic acids is 1. The lowest BCUT2D eigenvalue weighted by Gasteiger charge is -2.20. The second-order valence-corrected chi connectivity index (χ2v) is 5.30. The van der Waals surface area contributed by atoms with Gasteiger partial charge in [-0.3, -0.25) is 4.79 Å². The van der Waals surface area contributed by atoms with Gasteiger partial charge in [-0.1, -0.05) is 12.1 Å². The molecule has 0 fully saturated rings. The minimum atomic E-state index is -0.309. The molecule has 3 aromatic rings. The number of aromatic amines is 1. The van der Waals surface area contributed by atoms with Gasteiger partial charge < -0.3 is 9.88 Å². The first kappa shape index (κ1) is 14.3. The molecule has 22 heavy (non-hydrogen) atoms. The third-order valence-corrected chi connectivity index (χ3v) is 3.69. The normalized spacial score (nSPS) is 10.9. The third kappa shape index (κ3) is 2.60. The first-order chi connectivity index (χ1) is 10.6. The van der Waals surface area contributed by atoms with E-state index in [1.54, 1.807) is 17.0 Å². The van der Waals surface area contributed by atoms with Crippen LogP contribution >= 0.6 is 0 Å². The number of halogens is 1. The molecule has 3 nitrogen and oxygen atoms in total. The molecule has 0 saturated heterocycles. The highest BCUT2D eigenvalue weighted by Crippen LogP contribution is 2.21. The molecule has 3 rings (SSSR count). The zero-order valence-corrected chi connectivity index (χ0v) is 12.6. The van der Waals surface area contributed by atoms with E-state index >= 15 is 0 Å². The summed E-state index contributed by atoms with van der Waals surface area (Å²) in [4.78, 5) is 17.5. The van der Waals surface area contributed by atoms with E-state index in [4.69, 9.17) is 0 Å². The molecule has 0 unspecified atom stereocenters. The van der Waals surface area contributed by atoms with Crippen molar-refractivity contribution in [3.63, 3.8) is 0 Å². The van der Waals surface area contributed by atoms with Gasteiger partial charge in [0.15, 0.2) is 0 Å². The smallest absolute Gasteiger partial charge is 0.274 e. The number of amides is 1. The number of fused-ring (bicyclic) bond motifs is 1. The first-order valence-electron chi connectivity index (χ1n) is 7.25. The standard InChI is InChI=1S/C18H17FN2O/c1-3-21(15-6-4-5-12(2)9-15)18(22)17-11-13-10-14(19)7-8-16(13)20-17/h4-11,20H,3H2,1-2H3. The van der Waals surface area contributed by atoms with Crippen molar-refractivity contribution in [3.8, 4) is 0 Å². The van der Waals surface area contributed by atoms with Gasteiger partial charge in [0.25, 0.3) is 5.91 Å². The van der Waals surface area contributed by atoms with E-state index < -0.39 is 0 Å². The number of aryl methyl sites for hydroxylation is 1. The number of H-pyrrole nitrogens is 1. The highest BCUT2D eigenvalue weighted by Gasteiger charge is 2.18. The Morgan fingerprint density at radius 3 is 2.73 bits per heavy atom. The molecular formula is C18H17FN2O. The van der Waals surface area contributed by atoms with Gasteiger partial charge in [0.1, 0.15) is 11.5 Å². The van der Waals surface area contributed by atoms with Crippen LogP contribution < -0.4 is 4.90 Å². The molecule has 1 heterocycles. The Bertz CT molecular complexity index is 838. The number of hydrogen-bond acceptors (Lipinski definition) is 1. The van der Waals surface area contributed by atoms with Crippen molar-refractivity contribution in [1.82, 2.24) is 4.98 Å². The van der Waals surface area contributed by atoms with Crippen molar-refractivity contribution in [2.24, 2.45) is 0 Å². The molecule has 1 N–H and O–H groups in total. The van der Waals surface area contributed by atoms with Gasteiger partial charge in [0.2, 0.25) is 0 Å². The topological polar surface area (TPSA) is 36.1 Å². The van der Waals surface area contributed by atoms with Gasteiger partial charge in [0.05, 0.1) is 0 Å². The minimum absolute atomic E-state index is 0.121. The average Bonchev–Trinajstić information content (AvgIpc) is 2.91. The number of carbonyl (C=O) groups is 1. The fourth-order valence-electron chi connectivity index (χ4n) is 2.60. The second kappa shape index (κ2) is 5.64. The van der Waals surface area contributed by atoms with Crippen LogP contribution in [0.25, 0.3) is 10.9 Å². The van der Waals surface area contributed by atoms with E-state index in [0.29, 0.717) is 17.6 Å². The van der Waals surface area contributed by atoms with E-state index in [2.05, 4.69) is 4.98 Å². The van der Waals surface area contributed by atoms with Crippen molar-refractivity contribution in [2.45, 2.75) is 13.8 Å². The van der Waals surface area contributed by atoms with Crippen LogP contribution in [0.15, 0.2) is 48.5 Å². The molecular weight excluding hydrogens is 279 g/mol. The maximum atomic E-state index is 13.3. The summed E-state index contributed by atoms with van der Waals surface area (Å²) < 4.78 is 13.3. The predicted molar refractivity (Wildman–Crippen MR) is 86.8 cm³/mol. The number of nitrogens with zero attached hydrogens (tertiary/aromatic N) is 1. The van der Waals surface area contributed by atoms with E-state index in [1.807, 2.05) is 38.1 Å². The summed E-state index contributed by atoms with van der Waals surface area (Å²) in [5, 5.41) is 0.698. The van der Waals surface area contributed by atoms with Gasteiger partial charge in [-0.2, -0.15) is 0 Å². The van der Waals surface area contributed by atoms with Crippen molar-refractivity contribution in [3.05, 3.63) is 65.6 Å². The summed E-state index contributed by atoms with van der Waals surface area (Å²) in [5.41, 5.74) is 3.17. The van der Waals surface area contributed by atoms with E-state index in [-0.39, 0.29) is 11.7 Å². The Morgan fingerprint density at radius 2 is 2.00 bits per heavy atom. The lowest BCUT2D eigenvalue weighted by atomic mass is 10.2. The predicted octanol–water partition coefficient (Wildman–Crippen LogP) is 4.28. The summed E-state index contributed by atoms with van der Waals surface area (Å²) in [7, 11) is 0. The van der Waals surface area contributed by atoms with Crippen molar-refractivity contribution < 1.29 is 9.18 Å². The summed E-state index contributed by atoms with van der Waals surface area (Å²) >= 11 is 0. The molecule has 4 heteroatoms. The van der Waals surface area contributed by atoms with Crippen LogP contribution in [0.4, 0.5) is 10.1 Å². The Balaban J connectivity index is 1.99. The molecule has 112 valence electrons. The van der Waals surface area contributed by atoms with Gasteiger partial charge in [-0.15, -0.1) is 0 Å². The Hall–Kier alpha value is -2.62. The summed E-state index contributed by atoms with van der Waals surface area (Å²) in [6, 6.07) is 14.0. The third-order valence-electron chi connectivity index (χ3n) is 3.69. The van der Waals surface area contributed by atoms with Crippen molar-refractivity contribution in [1.29, 1.82) is 0 Å². The minimum Gasteiger partial charge on any atom is -0.351 e. The fourth-order valence-corrected chi connectivity index (χ4v) is 2.60. The number of hydrogen-bond donors (Lipinski definition) is 1. The zero-order chi connectivity index (χ0) is 15.7. The monoisotopic (exact) mass is 296 g/mol. The Kier molecular flexibility index (Phi) is 3.67. The molecule has 0 bridgehead atoms. The molecule has 2 aromatic carbocycles. The highest BCUT2D eigenvalue weighted by molar-refractivity contribution is 6.07. The van der Waals surface area contributed by atoms with Crippen LogP contribution in [0.2, 0.25) is 0 Å². The van der Waals surface area contributed by atoms with Crippen LogP contribution in [0, 0.1) is 12.7 Å². The number of benzene rings is 2. The van der Waals surface area contributed by atoms with Crippen LogP contribution in [0.3, 0.4) is 0 Å². The summed E-state index contributed by atoms with van der Waals surface area (Å²) in [6.45, 7) is 4.49. The average molecular weight is 296 g/mol. The number of anilines is 1. The molecule has 0 atom stereocenters. The van der Waals surface area contributed by atoms with Gasteiger partial charge >= 0.3 is 0 Å². The molecule has 0 aliphatic rings. The van der Waals surface area contributed by atoms with Gasteiger partial charge in [-0.25, -0.2) is 4.39 Å². The number of aromatic nitrogens is 1. The summed E-state index contributed by atoms with van der Waals surface area (Å²) in [6.07, 6.45) is 0. The molecule has 0 radical (unpaired) electrons. The number of rotatable bonds is 3. The first-order valence-corrected chi connectivity index (χ1v) is 7.25. The second-order valence-electron chi connectivity index (χ2n) is 5.30. The van der Waals surface area contributed by atoms with Crippen LogP contribution in [0.1, 0.15) is 23.0 Å². The quantitative estimate of drug-likeness (QED) is 0.769. The summed E-state index contributed by atoms with van der Waals surface area (Å²) in [5.74, 6) is -0.429. The van der Waals surface area contributed by atoms with Crippen LogP contribution in [-0.4, -0.2) is 17.4 Å². The molecule has 0 spiro atoms. The van der Waals surface area contributed by atoms with Crippen LogP contribution in [0.5, 0.6) is 0 Å². The maximum Gasteiger partial charge on any atom is 0.274 e. The van der Waals surface area contributed by atoms with E-state index in [9.17, 15) is 9.18 Å². The van der Waals surface area contributed by atoms with E-state index in [1.165, 1.54) is 12.1 Å². The molecule has 0 aliphatic heterocycles. The van der Waals surface area contributed by atoms with Crippen LogP contribution in [-0.2, 0) is 0 Å². The largest absolute Gasteiger partial charge is 0.351 e. The molecule has 0 aliphatic carbocycles. The van der Waals surface area contributed by atoms with Crippen molar-refractivity contribution in [2.75, 3.05) is 11.4 Å². The Labute approximate surface area is 128 Å². The lowest BCUT2D eigenvalue weighted by molar-refractivity contribution is 0.0984. The van der Waals surface area contributed by atoms with Gasteiger partial charge in [-0.05, 0) is 55.8 Å². The van der Waals surface area contributed by atoms with Crippen molar-refractivity contribution >= 4 is 22.5 Å². The Morgan fingerprint density at radius 1 is 1.18 bits per heavy atom. The highest BCUT2D eigenvalue weighted by atomic mass is 19.1. The van der Waals surface area contributed by atoms with E-state index in [0.717, 1.165) is 16.8 Å². The fraction of sp³-hybridized carbons (Fsp3) is 0.167.